The fourth-order valence-electron chi connectivity index (χ4n) is 5.04. The molecule has 1 aromatic carbocycles. The van der Waals surface area contributed by atoms with E-state index in [4.69, 9.17) is 14.2 Å². The number of aliphatic hydroxyl groups excluding tert-OH is 3. The zero-order chi connectivity index (χ0) is 36.9. The van der Waals surface area contributed by atoms with E-state index in [0.29, 0.717) is 71.4 Å². The SMILES string of the molecule is O=C(CCCCCCCCCCC(=O)Oc1c(F)c(F)c(F)c(F)c1F)NCCOCCNC(=O)CCCCO[C@H]1C[C@@H](O)[C@@H](O)[C@@H](CO)O1. The van der Waals surface area contributed by atoms with Crippen molar-refractivity contribution in [2.45, 2.75) is 114 Å². The largest absolute Gasteiger partial charge is 0.420 e. The second-order valence-corrected chi connectivity index (χ2v) is 11.9. The van der Waals surface area contributed by atoms with Crippen LogP contribution in [0.4, 0.5) is 22.0 Å². The van der Waals surface area contributed by atoms with Gasteiger partial charge in [0.2, 0.25) is 46.6 Å². The lowest BCUT2D eigenvalue weighted by atomic mass is 10.0. The Bertz CT molecular complexity index is 1170. The van der Waals surface area contributed by atoms with Crippen molar-refractivity contribution in [3.63, 3.8) is 0 Å². The van der Waals surface area contributed by atoms with Gasteiger partial charge in [0.1, 0.15) is 12.2 Å². The van der Waals surface area contributed by atoms with Crippen molar-refractivity contribution in [2.75, 3.05) is 39.5 Å². The first-order chi connectivity index (χ1) is 24.0. The first-order valence-electron chi connectivity index (χ1n) is 17.0. The quantitative estimate of drug-likeness (QED) is 0.0251. The number of carbonyl (C=O) groups excluding carboxylic acids is 3. The zero-order valence-electron chi connectivity index (χ0n) is 28.0. The van der Waals surface area contributed by atoms with Crippen LogP contribution in [-0.2, 0) is 28.6 Å². The minimum absolute atomic E-state index is 0.0827. The molecule has 2 rings (SSSR count). The van der Waals surface area contributed by atoms with Gasteiger partial charge in [-0.2, -0.15) is 8.78 Å². The number of nitrogens with one attached hydrogen (secondary N) is 2. The summed E-state index contributed by atoms with van der Waals surface area (Å²) in [6, 6.07) is 0. The van der Waals surface area contributed by atoms with Gasteiger partial charge in [-0.1, -0.05) is 38.5 Å². The molecule has 17 heteroatoms. The number of carbonyl (C=O) groups is 3. The highest BCUT2D eigenvalue weighted by atomic mass is 19.2. The number of esters is 1. The Morgan fingerprint density at radius 1 is 0.680 bits per heavy atom. The number of hydrogen-bond donors (Lipinski definition) is 5. The van der Waals surface area contributed by atoms with Gasteiger partial charge in [-0.25, -0.2) is 13.2 Å². The van der Waals surface area contributed by atoms with E-state index in [-0.39, 0.29) is 24.7 Å². The Morgan fingerprint density at radius 3 is 1.70 bits per heavy atom. The standard InChI is InChI=1S/C33H49F5N2O10/c34-27-28(35)30(37)33(31(38)29(27)36)50-25(45)13-8-6-4-2-1-3-5-7-11-23(43)39-14-17-47-18-15-40-24(44)12-9-10-16-48-26-19-21(42)32(46)22(20-41)49-26/h21-22,26,32,41-42,46H,1-20H2,(H,39,43)(H,40,44)/t21-,22-,26-,32-/m1/s1. The molecule has 5 N–H and O–H groups in total. The molecule has 0 unspecified atom stereocenters. The summed E-state index contributed by atoms with van der Waals surface area (Å²) in [4.78, 5) is 35.7. The number of hydrogen-bond acceptors (Lipinski definition) is 10. The predicted octanol–water partition coefficient (Wildman–Crippen LogP) is 3.45. The Hall–Kier alpha value is -2.96. The number of unbranched alkanes of at least 4 members (excludes halogenated alkanes) is 8. The second kappa shape index (κ2) is 24.3. The van der Waals surface area contributed by atoms with Crippen molar-refractivity contribution in [3.8, 4) is 5.75 Å². The summed E-state index contributed by atoms with van der Waals surface area (Å²) in [7, 11) is 0. The Morgan fingerprint density at radius 2 is 1.16 bits per heavy atom. The second-order valence-electron chi connectivity index (χ2n) is 11.9. The zero-order valence-corrected chi connectivity index (χ0v) is 28.0. The van der Waals surface area contributed by atoms with Gasteiger partial charge in [0.05, 0.1) is 25.9 Å². The van der Waals surface area contributed by atoms with Gasteiger partial charge in [0.25, 0.3) is 0 Å². The number of amides is 2. The van der Waals surface area contributed by atoms with Gasteiger partial charge in [-0.05, 0) is 25.7 Å². The van der Waals surface area contributed by atoms with Crippen LogP contribution in [0, 0.1) is 29.1 Å². The molecule has 4 atom stereocenters. The summed E-state index contributed by atoms with van der Waals surface area (Å²) in [6.45, 7) is 1.16. The fraction of sp³-hybridized carbons (Fsp3) is 0.727. The van der Waals surface area contributed by atoms with Crippen molar-refractivity contribution < 1.29 is 70.6 Å². The van der Waals surface area contributed by atoms with Crippen LogP contribution < -0.4 is 15.4 Å². The van der Waals surface area contributed by atoms with Gasteiger partial charge < -0.3 is 44.9 Å². The Kier molecular flexibility index (Phi) is 21.0. The van der Waals surface area contributed by atoms with Crippen molar-refractivity contribution in [3.05, 3.63) is 29.1 Å². The van der Waals surface area contributed by atoms with Crippen LogP contribution in [-0.4, -0.2) is 97.2 Å². The third-order valence-corrected chi connectivity index (χ3v) is 7.87. The molecule has 0 saturated carbocycles. The molecule has 1 fully saturated rings. The molecule has 0 aliphatic carbocycles. The first kappa shape index (κ1) is 43.2. The number of benzene rings is 1. The van der Waals surface area contributed by atoms with Crippen LogP contribution >= 0.6 is 0 Å². The molecule has 2 amide bonds. The lowest BCUT2D eigenvalue weighted by molar-refractivity contribution is -0.256. The molecule has 286 valence electrons. The van der Waals surface area contributed by atoms with Crippen molar-refractivity contribution in [1.29, 1.82) is 0 Å². The molecule has 1 aliphatic rings. The van der Waals surface area contributed by atoms with Gasteiger partial charge in [0.15, 0.2) is 6.29 Å². The van der Waals surface area contributed by atoms with E-state index in [0.717, 1.165) is 38.5 Å². The highest BCUT2D eigenvalue weighted by Crippen LogP contribution is 2.29. The number of ether oxygens (including phenoxy) is 4. The molecule has 0 radical (unpaired) electrons. The van der Waals surface area contributed by atoms with Gasteiger partial charge in [-0.3, -0.25) is 14.4 Å². The van der Waals surface area contributed by atoms with E-state index in [1.54, 1.807) is 0 Å². The molecule has 1 aliphatic heterocycles. The highest BCUT2D eigenvalue weighted by Gasteiger charge is 2.36. The van der Waals surface area contributed by atoms with E-state index in [1.807, 2.05) is 0 Å². The monoisotopic (exact) mass is 728 g/mol. The molecular formula is C33H49F5N2O10. The average Bonchev–Trinajstić information content (AvgIpc) is 3.09. The lowest BCUT2D eigenvalue weighted by Gasteiger charge is -2.36. The van der Waals surface area contributed by atoms with Crippen molar-refractivity contribution in [2.24, 2.45) is 0 Å². The summed E-state index contributed by atoms with van der Waals surface area (Å²) < 4.78 is 87.4. The minimum Gasteiger partial charge on any atom is -0.420 e. The lowest BCUT2D eigenvalue weighted by Crippen LogP contribution is -2.50. The molecule has 0 bridgehead atoms. The van der Waals surface area contributed by atoms with Crippen LogP contribution in [0.15, 0.2) is 0 Å². The van der Waals surface area contributed by atoms with Crippen molar-refractivity contribution >= 4 is 17.8 Å². The minimum atomic E-state index is -2.33. The summed E-state index contributed by atoms with van der Waals surface area (Å²) in [6.07, 6.45) is 3.89. The summed E-state index contributed by atoms with van der Waals surface area (Å²) in [5.41, 5.74) is 0. The average molecular weight is 729 g/mol. The Balaban J connectivity index is 1.34. The maximum Gasteiger partial charge on any atom is 0.311 e. The highest BCUT2D eigenvalue weighted by molar-refractivity contribution is 5.76. The molecular weight excluding hydrogens is 679 g/mol. The van der Waals surface area contributed by atoms with Crippen LogP contribution in [0.3, 0.4) is 0 Å². The van der Waals surface area contributed by atoms with E-state index >= 15 is 0 Å². The van der Waals surface area contributed by atoms with Crippen molar-refractivity contribution in [1.82, 2.24) is 10.6 Å². The fourth-order valence-corrected chi connectivity index (χ4v) is 5.04. The topological polar surface area (TPSA) is 173 Å². The predicted molar refractivity (Wildman–Crippen MR) is 167 cm³/mol. The summed E-state index contributed by atoms with van der Waals surface area (Å²) >= 11 is 0. The number of aliphatic hydroxyl groups is 3. The van der Waals surface area contributed by atoms with Gasteiger partial charge in [-0.15, -0.1) is 0 Å². The number of rotatable bonds is 25. The molecule has 50 heavy (non-hydrogen) atoms. The maximum atomic E-state index is 13.6. The molecule has 0 aromatic heterocycles. The molecule has 1 heterocycles. The Labute approximate surface area is 288 Å². The third-order valence-electron chi connectivity index (χ3n) is 7.87. The molecule has 1 aromatic rings. The van der Waals surface area contributed by atoms with Crippen LogP contribution in [0.25, 0.3) is 0 Å². The van der Waals surface area contributed by atoms with E-state index in [2.05, 4.69) is 15.4 Å². The number of halogens is 5. The van der Waals surface area contributed by atoms with Crippen LogP contribution in [0.5, 0.6) is 5.75 Å². The molecule has 12 nitrogen and oxygen atoms in total. The van der Waals surface area contributed by atoms with E-state index in [1.165, 1.54) is 0 Å². The smallest absolute Gasteiger partial charge is 0.311 e. The van der Waals surface area contributed by atoms with Crippen LogP contribution in [0.1, 0.15) is 89.9 Å². The van der Waals surface area contributed by atoms with Gasteiger partial charge >= 0.3 is 5.97 Å². The molecule has 1 saturated heterocycles. The summed E-state index contributed by atoms with van der Waals surface area (Å²) in [5.74, 6) is -14.0. The maximum absolute atomic E-state index is 13.6. The first-order valence-corrected chi connectivity index (χ1v) is 17.0. The normalized spacial score (nSPS) is 19.0. The summed E-state index contributed by atoms with van der Waals surface area (Å²) in [5, 5.41) is 34.2. The van der Waals surface area contributed by atoms with Gasteiger partial charge in [0, 0.05) is 45.4 Å². The molecule has 0 spiro atoms. The van der Waals surface area contributed by atoms with Crippen LogP contribution in [0.2, 0.25) is 0 Å². The van der Waals surface area contributed by atoms with E-state index in [9.17, 15) is 51.7 Å². The third kappa shape index (κ3) is 15.9. The van der Waals surface area contributed by atoms with E-state index < -0.39 is 72.0 Å².